The van der Waals surface area contributed by atoms with E-state index in [1.54, 1.807) is 48.5 Å². The molecule has 0 amide bonds. The van der Waals surface area contributed by atoms with Crippen LogP contribution < -0.4 is 10.0 Å². The zero-order valence-corrected chi connectivity index (χ0v) is 18.4. The standard InChI is InChI=1S/C20H18Cl3N3O2S/c1-14-7-10-17(11-8-14)29(27,28)26-19(25-18-12-9-16(21)13-24-18)20(22,23)15-5-3-2-4-6-15/h2-13,19,26H,1H3,(H,24,25). The van der Waals surface area contributed by atoms with Crippen LogP contribution in [0.25, 0.3) is 0 Å². The third-order valence-electron chi connectivity index (χ3n) is 4.15. The summed E-state index contributed by atoms with van der Waals surface area (Å²) in [7, 11) is -3.93. The zero-order chi connectivity index (χ0) is 21.1. The quantitative estimate of drug-likeness (QED) is 0.373. The Labute approximate surface area is 185 Å². The predicted octanol–water partition coefficient (Wildman–Crippen LogP) is 5.09. The second-order valence-electron chi connectivity index (χ2n) is 6.36. The van der Waals surface area contributed by atoms with Crippen LogP contribution in [-0.2, 0) is 14.4 Å². The van der Waals surface area contributed by atoms with Gasteiger partial charge < -0.3 is 5.32 Å². The molecular formula is C20H18Cl3N3O2S. The number of aromatic nitrogens is 1. The molecule has 1 unspecified atom stereocenters. The number of benzene rings is 2. The normalized spacial score (nSPS) is 13.1. The Morgan fingerprint density at radius 1 is 0.966 bits per heavy atom. The molecule has 0 spiro atoms. The lowest BCUT2D eigenvalue weighted by atomic mass is 10.1. The van der Waals surface area contributed by atoms with Crippen molar-refractivity contribution in [3.8, 4) is 0 Å². The van der Waals surface area contributed by atoms with Crippen LogP contribution in [0.4, 0.5) is 5.82 Å². The van der Waals surface area contributed by atoms with Gasteiger partial charge in [-0.1, -0.05) is 82.8 Å². The number of nitrogens with one attached hydrogen (secondary N) is 2. The molecule has 0 radical (unpaired) electrons. The number of aryl methyl sites for hydroxylation is 1. The van der Waals surface area contributed by atoms with Gasteiger partial charge in [0.05, 0.1) is 9.92 Å². The predicted molar refractivity (Wildman–Crippen MR) is 118 cm³/mol. The maximum absolute atomic E-state index is 13.0. The van der Waals surface area contributed by atoms with Crippen molar-refractivity contribution in [3.63, 3.8) is 0 Å². The van der Waals surface area contributed by atoms with Crippen molar-refractivity contribution in [2.24, 2.45) is 0 Å². The molecule has 152 valence electrons. The largest absolute Gasteiger partial charge is 0.351 e. The molecule has 0 aliphatic rings. The molecule has 1 aromatic heterocycles. The van der Waals surface area contributed by atoms with Crippen LogP contribution in [0.5, 0.6) is 0 Å². The number of alkyl halides is 2. The number of hydrogen-bond donors (Lipinski definition) is 2. The average molecular weight is 471 g/mol. The van der Waals surface area contributed by atoms with Gasteiger partial charge in [-0.15, -0.1) is 0 Å². The maximum Gasteiger partial charge on any atom is 0.242 e. The van der Waals surface area contributed by atoms with E-state index in [-0.39, 0.29) is 4.90 Å². The smallest absolute Gasteiger partial charge is 0.242 e. The Bertz CT molecular complexity index is 1060. The molecule has 3 aromatic rings. The van der Waals surface area contributed by atoms with Gasteiger partial charge in [-0.2, -0.15) is 4.72 Å². The van der Waals surface area contributed by atoms with Crippen molar-refractivity contribution in [1.29, 1.82) is 0 Å². The molecule has 3 rings (SSSR count). The highest BCUT2D eigenvalue weighted by molar-refractivity contribution is 7.89. The molecule has 9 heteroatoms. The van der Waals surface area contributed by atoms with Crippen LogP contribution in [-0.4, -0.2) is 19.6 Å². The van der Waals surface area contributed by atoms with E-state index in [4.69, 9.17) is 34.8 Å². The molecule has 5 nitrogen and oxygen atoms in total. The maximum atomic E-state index is 13.0. The Balaban J connectivity index is 1.97. The highest BCUT2D eigenvalue weighted by Crippen LogP contribution is 2.38. The van der Waals surface area contributed by atoms with Gasteiger partial charge in [-0.25, -0.2) is 13.4 Å². The SMILES string of the molecule is Cc1ccc(S(=O)(=O)NC(Nc2ccc(Cl)cn2)C(Cl)(Cl)c2ccccc2)cc1. The van der Waals surface area contributed by atoms with Gasteiger partial charge in [-0.05, 0) is 36.8 Å². The third-order valence-corrected chi connectivity index (χ3v) is 6.68. The first kappa shape index (κ1) is 21.9. The van der Waals surface area contributed by atoms with Crippen LogP contribution in [0, 0.1) is 6.92 Å². The number of hydrogen-bond acceptors (Lipinski definition) is 4. The highest BCUT2D eigenvalue weighted by Gasteiger charge is 2.40. The molecule has 29 heavy (non-hydrogen) atoms. The summed E-state index contributed by atoms with van der Waals surface area (Å²) in [6, 6.07) is 18.4. The summed E-state index contributed by atoms with van der Waals surface area (Å²) in [5.41, 5.74) is 1.46. The second-order valence-corrected chi connectivity index (χ2v) is 9.90. The fourth-order valence-electron chi connectivity index (χ4n) is 2.57. The van der Waals surface area contributed by atoms with Gasteiger partial charge in [0.1, 0.15) is 12.0 Å². The fraction of sp³-hybridized carbons (Fsp3) is 0.150. The van der Waals surface area contributed by atoms with Crippen molar-refractivity contribution < 1.29 is 8.42 Å². The number of sulfonamides is 1. The van der Waals surface area contributed by atoms with Gasteiger partial charge in [0.25, 0.3) is 0 Å². The summed E-state index contributed by atoms with van der Waals surface area (Å²) in [6.07, 6.45) is 0.301. The van der Waals surface area contributed by atoms with Crippen molar-refractivity contribution >= 4 is 50.6 Å². The molecule has 0 saturated carbocycles. The molecule has 2 N–H and O–H groups in total. The molecule has 1 heterocycles. The number of rotatable bonds is 7. The minimum absolute atomic E-state index is 0.0937. The molecule has 0 aliphatic heterocycles. The third kappa shape index (κ3) is 5.41. The first-order chi connectivity index (χ1) is 13.7. The number of pyridine rings is 1. The van der Waals surface area contributed by atoms with E-state index in [0.29, 0.717) is 16.4 Å². The Hall–Kier alpha value is -1.83. The topological polar surface area (TPSA) is 71.1 Å². The van der Waals surface area contributed by atoms with E-state index < -0.39 is 20.5 Å². The van der Waals surface area contributed by atoms with E-state index in [1.807, 2.05) is 13.0 Å². The van der Waals surface area contributed by atoms with Crippen molar-refractivity contribution in [2.45, 2.75) is 22.3 Å². The number of nitrogens with zero attached hydrogens (tertiary/aromatic N) is 1. The van der Waals surface area contributed by atoms with Gasteiger partial charge in [0.15, 0.2) is 4.33 Å². The lowest BCUT2D eigenvalue weighted by Crippen LogP contribution is -2.50. The van der Waals surface area contributed by atoms with E-state index in [1.165, 1.54) is 18.3 Å². The fourth-order valence-corrected chi connectivity index (χ4v) is 4.46. The Kier molecular flexibility index (Phi) is 6.71. The lowest BCUT2D eigenvalue weighted by Gasteiger charge is -2.32. The molecule has 1 atom stereocenters. The number of anilines is 1. The Morgan fingerprint density at radius 3 is 2.21 bits per heavy atom. The average Bonchev–Trinajstić information content (AvgIpc) is 2.70. The van der Waals surface area contributed by atoms with Crippen LogP contribution in [0.3, 0.4) is 0 Å². The first-order valence-electron chi connectivity index (χ1n) is 8.59. The van der Waals surface area contributed by atoms with Gasteiger partial charge in [-0.3, -0.25) is 0 Å². The Morgan fingerprint density at radius 2 is 1.62 bits per heavy atom. The molecule has 0 fully saturated rings. The molecule has 0 saturated heterocycles. The van der Waals surface area contributed by atoms with E-state index in [2.05, 4.69) is 15.0 Å². The van der Waals surface area contributed by atoms with E-state index in [0.717, 1.165) is 5.56 Å². The van der Waals surface area contributed by atoms with Crippen LogP contribution >= 0.6 is 34.8 Å². The molecule has 0 aliphatic carbocycles. The second kappa shape index (κ2) is 8.90. The van der Waals surface area contributed by atoms with Crippen LogP contribution in [0.1, 0.15) is 11.1 Å². The summed E-state index contributed by atoms with van der Waals surface area (Å²) >= 11 is 19.2. The summed E-state index contributed by atoms with van der Waals surface area (Å²) in [4.78, 5) is 4.24. The van der Waals surface area contributed by atoms with E-state index >= 15 is 0 Å². The molecule has 2 aromatic carbocycles. The number of halogens is 3. The minimum Gasteiger partial charge on any atom is -0.351 e. The van der Waals surface area contributed by atoms with Gasteiger partial charge in [0.2, 0.25) is 10.0 Å². The molecule has 0 bridgehead atoms. The molecular weight excluding hydrogens is 453 g/mol. The van der Waals surface area contributed by atoms with Crippen molar-refractivity contribution in [2.75, 3.05) is 5.32 Å². The highest BCUT2D eigenvalue weighted by atomic mass is 35.5. The van der Waals surface area contributed by atoms with Crippen molar-refractivity contribution in [1.82, 2.24) is 9.71 Å². The van der Waals surface area contributed by atoms with E-state index in [9.17, 15) is 8.42 Å². The van der Waals surface area contributed by atoms with Gasteiger partial charge in [0, 0.05) is 6.20 Å². The zero-order valence-electron chi connectivity index (χ0n) is 15.3. The summed E-state index contributed by atoms with van der Waals surface area (Å²) < 4.78 is 26.8. The first-order valence-corrected chi connectivity index (χ1v) is 11.2. The monoisotopic (exact) mass is 469 g/mol. The summed E-state index contributed by atoms with van der Waals surface area (Å²) in [5, 5.41) is 3.40. The minimum atomic E-state index is -3.93. The summed E-state index contributed by atoms with van der Waals surface area (Å²) in [5.74, 6) is 0.354. The van der Waals surface area contributed by atoms with Gasteiger partial charge >= 0.3 is 0 Å². The van der Waals surface area contributed by atoms with Crippen LogP contribution in [0.15, 0.2) is 77.8 Å². The summed E-state index contributed by atoms with van der Waals surface area (Å²) in [6.45, 7) is 1.87. The van der Waals surface area contributed by atoms with Crippen LogP contribution in [0.2, 0.25) is 5.02 Å². The van der Waals surface area contributed by atoms with Crippen molar-refractivity contribution in [3.05, 3.63) is 89.1 Å². The lowest BCUT2D eigenvalue weighted by molar-refractivity contribution is 0.546.